The van der Waals surface area contributed by atoms with Crippen molar-refractivity contribution in [3.05, 3.63) is 48.4 Å². The second-order valence-corrected chi connectivity index (χ2v) is 3.57. The van der Waals surface area contributed by atoms with E-state index in [-0.39, 0.29) is 12.4 Å². The Morgan fingerprint density at radius 3 is 2.94 bits per heavy atom. The number of aromatic nitrogens is 3. The Balaban J connectivity index is 2.55. The van der Waals surface area contributed by atoms with Crippen molar-refractivity contribution in [1.29, 1.82) is 0 Å². The summed E-state index contributed by atoms with van der Waals surface area (Å²) in [6.07, 6.45) is 1.71. The summed E-state index contributed by atoms with van der Waals surface area (Å²) >= 11 is 0. The Hall–Kier alpha value is -2.01. The molecule has 0 spiro atoms. The van der Waals surface area contributed by atoms with Crippen LogP contribution < -0.4 is 5.73 Å². The largest absolute Gasteiger partial charge is 0.325 e. The molecule has 0 unspecified atom stereocenters. The van der Waals surface area contributed by atoms with E-state index in [0.29, 0.717) is 12.2 Å². The number of allylic oxidation sites excluding steroid dienone is 1. The van der Waals surface area contributed by atoms with Gasteiger partial charge in [-0.05, 0) is 12.1 Å². The zero-order chi connectivity index (χ0) is 12.3. The summed E-state index contributed by atoms with van der Waals surface area (Å²) in [6.45, 7) is 4.43. The smallest absolute Gasteiger partial charge is 0.123 e. The molecular weight excluding hydrogens is 219 g/mol. The van der Waals surface area contributed by atoms with Crippen LogP contribution in [0.3, 0.4) is 0 Å². The summed E-state index contributed by atoms with van der Waals surface area (Å²) in [4.78, 5) is 0. The van der Waals surface area contributed by atoms with Gasteiger partial charge in [-0.1, -0.05) is 23.4 Å². The van der Waals surface area contributed by atoms with Crippen LogP contribution in [0.4, 0.5) is 4.39 Å². The van der Waals surface area contributed by atoms with Crippen molar-refractivity contribution in [3.63, 3.8) is 0 Å². The third-order valence-corrected chi connectivity index (χ3v) is 2.40. The lowest BCUT2D eigenvalue weighted by Gasteiger charge is -2.05. The van der Waals surface area contributed by atoms with E-state index in [1.54, 1.807) is 22.9 Å². The molecule has 0 saturated heterocycles. The zero-order valence-corrected chi connectivity index (χ0v) is 9.31. The maximum atomic E-state index is 13.2. The van der Waals surface area contributed by atoms with E-state index in [2.05, 4.69) is 16.9 Å². The van der Waals surface area contributed by atoms with Gasteiger partial charge in [0.25, 0.3) is 0 Å². The molecule has 17 heavy (non-hydrogen) atoms. The molecule has 1 aromatic heterocycles. The monoisotopic (exact) mass is 232 g/mol. The molecule has 2 rings (SSSR count). The van der Waals surface area contributed by atoms with Crippen LogP contribution in [-0.4, -0.2) is 15.0 Å². The van der Waals surface area contributed by atoms with Gasteiger partial charge in [-0.25, -0.2) is 9.07 Å². The van der Waals surface area contributed by atoms with E-state index >= 15 is 0 Å². The number of hydrogen-bond acceptors (Lipinski definition) is 3. The molecule has 1 aromatic carbocycles. The highest BCUT2D eigenvalue weighted by Gasteiger charge is 2.13. The predicted octanol–water partition coefficient (Wildman–Crippen LogP) is 1.73. The molecule has 0 aliphatic heterocycles. The molecule has 0 fully saturated rings. The lowest BCUT2D eigenvalue weighted by Crippen LogP contribution is -2.03. The number of rotatable bonds is 4. The van der Waals surface area contributed by atoms with Crippen molar-refractivity contribution in [1.82, 2.24) is 15.0 Å². The van der Waals surface area contributed by atoms with E-state index in [0.717, 1.165) is 11.3 Å². The molecule has 5 heteroatoms. The molecule has 0 saturated carbocycles. The summed E-state index contributed by atoms with van der Waals surface area (Å²) < 4.78 is 14.9. The lowest BCUT2D eigenvalue weighted by molar-refractivity contribution is 0.627. The Bertz CT molecular complexity index is 533. The van der Waals surface area contributed by atoms with Gasteiger partial charge in [-0.15, -0.1) is 11.7 Å². The van der Waals surface area contributed by atoms with E-state index in [4.69, 9.17) is 5.73 Å². The molecule has 2 aromatic rings. The van der Waals surface area contributed by atoms with Crippen LogP contribution in [0.2, 0.25) is 0 Å². The molecule has 0 bridgehead atoms. The summed E-state index contributed by atoms with van der Waals surface area (Å²) in [6, 6.07) is 6.29. The maximum Gasteiger partial charge on any atom is 0.123 e. The van der Waals surface area contributed by atoms with Gasteiger partial charge in [-0.3, -0.25) is 0 Å². The van der Waals surface area contributed by atoms with Gasteiger partial charge in [0, 0.05) is 12.1 Å². The van der Waals surface area contributed by atoms with Crippen molar-refractivity contribution in [3.8, 4) is 11.3 Å². The fourth-order valence-corrected chi connectivity index (χ4v) is 1.69. The highest BCUT2D eigenvalue weighted by atomic mass is 19.1. The van der Waals surface area contributed by atoms with Crippen LogP contribution in [0.15, 0.2) is 36.9 Å². The molecular formula is C12H13FN4. The SMILES string of the molecule is C=CCn1nnc(CN)c1-c1cccc(F)c1. The summed E-state index contributed by atoms with van der Waals surface area (Å²) in [7, 11) is 0. The van der Waals surface area contributed by atoms with Crippen molar-refractivity contribution in [2.45, 2.75) is 13.1 Å². The minimum Gasteiger partial charge on any atom is -0.325 e. The second-order valence-electron chi connectivity index (χ2n) is 3.57. The van der Waals surface area contributed by atoms with Crippen LogP contribution in [0.5, 0.6) is 0 Å². The van der Waals surface area contributed by atoms with Crippen molar-refractivity contribution < 1.29 is 4.39 Å². The topological polar surface area (TPSA) is 56.7 Å². The summed E-state index contributed by atoms with van der Waals surface area (Å²) in [5, 5.41) is 7.95. The molecule has 4 nitrogen and oxygen atoms in total. The average Bonchev–Trinajstić information content (AvgIpc) is 2.72. The molecule has 2 N–H and O–H groups in total. The molecule has 0 aliphatic carbocycles. The van der Waals surface area contributed by atoms with E-state index in [1.165, 1.54) is 12.1 Å². The van der Waals surface area contributed by atoms with E-state index < -0.39 is 0 Å². The number of nitrogens with two attached hydrogens (primary N) is 1. The van der Waals surface area contributed by atoms with E-state index in [9.17, 15) is 4.39 Å². The first kappa shape index (κ1) is 11.5. The normalized spacial score (nSPS) is 10.5. The van der Waals surface area contributed by atoms with E-state index in [1.807, 2.05) is 0 Å². The third-order valence-electron chi connectivity index (χ3n) is 2.40. The van der Waals surface area contributed by atoms with Gasteiger partial charge in [0.1, 0.15) is 11.5 Å². The zero-order valence-electron chi connectivity index (χ0n) is 9.31. The van der Waals surface area contributed by atoms with Crippen molar-refractivity contribution in [2.75, 3.05) is 0 Å². The maximum absolute atomic E-state index is 13.2. The molecule has 1 heterocycles. The Kier molecular flexibility index (Phi) is 3.30. The molecule has 0 atom stereocenters. The number of hydrogen-bond donors (Lipinski definition) is 1. The molecule has 0 amide bonds. The van der Waals surface area contributed by atoms with Crippen molar-refractivity contribution >= 4 is 0 Å². The standard InChI is InChI=1S/C12H13FN4/c1-2-6-17-12(11(8-14)15-16-17)9-4-3-5-10(13)7-9/h2-5,7H,1,6,8,14H2. The number of halogens is 1. The van der Waals surface area contributed by atoms with Gasteiger partial charge < -0.3 is 5.73 Å². The number of benzene rings is 1. The first-order valence-corrected chi connectivity index (χ1v) is 5.25. The quantitative estimate of drug-likeness (QED) is 0.817. The lowest BCUT2D eigenvalue weighted by atomic mass is 10.1. The highest BCUT2D eigenvalue weighted by Crippen LogP contribution is 2.22. The molecule has 88 valence electrons. The van der Waals surface area contributed by atoms with Gasteiger partial charge in [0.05, 0.1) is 12.2 Å². The number of nitrogens with zero attached hydrogens (tertiary/aromatic N) is 3. The van der Waals surface area contributed by atoms with Crippen LogP contribution in [0.25, 0.3) is 11.3 Å². The average molecular weight is 232 g/mol. The Morgan fingerprint density at radius 1 is 1.47 bits per heavy atom. The second kappa shape index (κ2) is 4.88. The molecule has 0 aliphatic rings. The van der Waals surface area contributed by atoms with Crippen LogP contribution in [-0.2, 0) is 13.1 Å². The summed E-state index contributed by atoms with van der Waals surface area (Å²) in [5.41, 5.74) is 7.71. The minimum atomic E-state index is -0.295. The first-order valence-electron chi connectivity index (χ1n) is 5.25. The summed E-state index contributed by atoms with van der Waals surface area (Å²) in [5.74, 6) is -0.295. The van der Waals surface area contributed by atoms with Crippen LogP contribution >= 0.6 is 0 Å². The van der Waals surface area contributed by atoms with Crippen LogP contribution in [0, 0.1) is 5.82 Å². The Morgan fingerprint density at radius 2 is 2.29 bits per heavy atom. The van der Waals surface area contributed by atoms with Gasteiger partial charge in [0.2, 0.25) is 0 Å². The van der Waals surface area contributed by atoms with Gasteiger partial charge in [-0.2, -0.15) is 0 Å². The Labute approximate surface area is 98.6 Å². The van der Waals surface area contributed by atoms with Crippen molar-refractivity contribution in [2.24, 2.45) is 5.73 Å². The fraction of sp³-hybridized carbons (Fsp3) is 0.167. The van der Waals surface area contributed by atoms with Gasteiger partial charge in [0.15, 0.2) is 0 Å². The molecule has 0 radical (unpaired) electrons. The first-order chi connectivity index (χ1) is 8.26. The van der Waals surface area contributed by atoms with Crippen LogP contribution in [0.1, 0.15) is 5.69 Å². The third kappa shape index (κ3) is 2.24. The highest BCUT2D eigenvalue weighted by molar-refractivity contribution is 5.61. The fourth-order valence-electron chi connectivity index (χ4n) is 1.69. The van der Waals surface area contributed by atoms with Gasteiger partial charge >= 0.3 is 0 Å². The predicted molar refractivity (Wildman–Crippen MR) is 63.5 cm³/mol. The minimum absolute atomic E-state index is 0.267.